The highest BCUT2D eigenvalue weighted by atomic mass is 16.5. The monoisotopic (exact) mass is 242 g/mol. The van der Waals surface area contributed by atoms with E-state index in [0.717, 1.165) is 25.9 Å². The van der Waals surface area contributed by atoms with Crippen LogP contribution in [0.25, 0.3) is 0 Å². The Hall–Kier alpha value is -0.610. The van der Waals surface area contributed by atoms with Gasteiger partial charge in [-0.3, -0.25) is 4.79 Å². The van der Waals surface area contributed by atoms with Crippen molar-refractivity contribution in [2.75, 3.05) is 19.8 Å². The molecule has 1 aliphatic heterocycles. The largest absolute Gasteiger partial charge is 0.380 e. The van der Waals surface area contributed by atoms with Gasteiger partial charge in [0, 0.05) is 17.7 Å². The molecular weight excluding hydrogens is 216 g/mol. The standard InChI is InChI=1S/C13H26N2O2/c1-5-12(2,3)15-11(16)9-14-13(4)7-6-8-17-10-13/h14H,5-10H2,1-4H3,(H,15,16). The molecule has 0 aliphatic carbocycles. The average Bonchev–Trinajstić information content (AvgIpc) is 2.27. The van der Waals surface area contributed by atoms with Gasteiger partial charge in [0.15, 0.2) is 0 Å². The lowest BCUT2D eigenvalue weighted by Gasteiger charge is -2.35. The molecule has 0 saturated carbocycles. The van der Waals surface area contributed by atoms with Crippen LogP contribution in [0.1, 0.15) is 47.0 Å². The average molecular weight is 242 g/mol. The van der Waals surface area contributed by atoms with Crippen LogP contribution in [0.15, 0.2) is 0 Å². The first-order valence-corrected chi connectivity index (χ1v) is 6.51. The number of hydrogen-bond donors (Lipinski definition) is 2. The summed E-state index contributed by atoms with van der Waals surface area (Å²) in [7, 11) is 0. The van der Waals surface area contributed by atoms with E-state index in [-0.39, 0.29) is 17.0 Å². The quantitative estimate of drug-likeness (QED) is 0.767. The van der Waals surface area contributed by atoms with E-state index in [1.165, 1.54) is 0 Å². The topological polar surface area (TPSA) is 50.4 Å². The smallest absolute Gasteiger partial charge is 0.234 e. The molecule has 0 aromatic rings. The van der Waals surface area contributed by atoms with E-state index >= 15 is 0 Å². The van der Waals surface area contributed by atoms with Gasteiger partial charge < -0.3 is 15.4 Å². The van der Waals surface area contributed by atoms with Crippen LogP contribution < -0.4 is 10.6 Å². The molecule has 17 heavy (non-hydrogen) atoms. The molecule has 0 bridgehead atoms. The zero-order chi connectivity index (χ0) is 12.9. The van der Waals surface area contributed by atoms with Gasteiger partial charge in [-0.2, -0.15) is 0 Å². The second kappa shape index (κ2) is 5.83. The molecule has 2 N–H and O–H groups in total. The Morgan fingerprint density at radius 3 is 2.71 bits per heavy atom. The molecule has 0 radical (unpaired) electrons. The molecule has 1 amide bonds. The maximum Gasteiger partial charge on any atom is 0.234 e. The van der Waals surface area contributed by atoms with Crippen molar-refractivity contribution in [2.45, 2.75) is 58.0 Å². The molecule has 1 atom stereocenters. The van der Waals surface area contributed by atoms with Crippen LogP contribution in [0, 0.1) is 0 Å². The Morgan fingerprint density at radius 1 is 1.47 bits per heavy atom. The van der Waals surface area contributed by atoms with Crippen LogP contribution in [0.5, 0.6) is 0 Å². The van der Waals surface area contributed by atoms with Crippen molar-refractivity contribution in [3.63, 3.8) is 0 Å². The number of rotatable bonds is 5. The molecule has 1 rings (SSSR count). The van der Waals surface area contributed by atoms with E-state index in [9.17, 15) is 4.79 Å². The van der Waals surface area contributed by atoms with Gasteiger partial charge in [0.25, 0.3) is 0 Å². The van der Waals surface area contributed by atoms with E-state index in [1.54, 1.807) is 0 Å². The summed E-state index contributed by atoms with van der Waals surface area (Å²) in [5.41, 5.74) is -0.172. The molecule has 1 heterocycles. The molecule has 1 fully saturated rings. The van der Waals surface area contributed by atoms with Crippen LogP contribution in [0.3, 0.4) is 0 Å². The second-order valence-corrected chi connectivity index (χ2v) is 5.86. The fraction of sp³-hybridized carbons (Fsp3) is 0.923. The minimum Gasteiger partial charge on any atom is -0.380 e. The Labute approximate surface area is 104 Å². The van der Waals surface area contributed by atoms with Crippen LogP contribution >= 0.6 is 0 Å². The first kappa shape index (κ1) is 14.5. The van der Waals surface area contributed by atoms with Crippen molar-refractivity contribution in [2.24, 2.45) is 0 Å². The molecule has 1 unspecified atom stereocenters. The number of nitrogens with one attached hydrogen (secondary N) is 2. The summed E-state index contributed by atoms with van der Waals surface area (Å²) in [6.45, 7) is 10.2. The van der Waals surface area contributed by atoms with Crippen LogP contribution in [0.2, 0.25) is 0 Å². The predicted octanol–water partition coefficient (Wildman–Crippen LogP) is 1.45. The Kier molecular flexibility index (Phi) is 4.95. The lowest BCUT2D eigenvalue weighted by Crippen LogP contribution is -2.54. The van der Waals surface area contributed by atoms with E-state index in [0.29, 0.717) is 13.2 Å². The minimum absolute atomic E-state index is 0.0497. The highest BCUT2D eigenvalue weighted by molar-refractivity contribution is 5.78. The Bertz CT molecular complexity index is 258. The van der Waals surface area contributed by atoms with Gasteiger partial charge in [0.05, 0.1) is 13.2 Å². The van der Waals surface area contributed by atoms with Crippen molar-refractivity contribution in [1.82, 2.24) is 10.6 Å². The normalized spacial score (nSPS) is 25.6. The first-order valence-electron chi connectivity index (χ1n) is 6.51. The van der Waals surface area contributed by atoms with E-state index in [4.69, 9.17) is 4.74 Å². The van der Waals surface area contributed by atoms with Gasteiger partial charge in [-0.25, -0.2) is 0 Å². The zero-order valence-electron chi connectivity index (χ0n) is 11.6. The van der Waals surface area contributed by atoms with Crippen LogP contribution in [0.4, 0.5) is 0 Å². The SMILES string of the molecule is CCC(C)(C)NC(=O)CNC1(C)CCCOC1. The summed E-state index contributed by atoms with van der Waals surface area (Å²) >= 11 is 0. The van der Waals surface area contributed by atoms with Gasteiger partial charge in [-0.1, -0.05) is 6.92 Å². The molecule has 1 aliphatic rings. The summed E-state index contributed by atoms with van der Waals surface area (Å²) in [6.07, 6.45) is 3.06. The lowest BCUT2D eigenvalue weighted by atomic mass is 9.95. The molecule has 0 spiro atoms. The molecule has 0 aromatic heterocycles. The van der Waals surface area contributed by atoms with Gasteiger partial charge in [-0.05, 0) is 40.0 Å². The number of hydrogen-bond acceptors (Lipinski definition) is 3. The van der Waals surface area contributed by atoms with Gasteiger partial charge in [-0.15, -0.1) is 0 Å². The summed E-state index contributed by atoms with van der Waals surface area (Å²) in [4.78, 5) is 11.8. The molecule has 4 nitrogen and oxygen atoms in total. The lowest BCUT2D eigenvalue weighted by molar-refractivity contribution is -0.122. The third-order valence-electron chi connectivity index (χ3n) is 3.48. The number of carbonyl (C=O) groups is 1. The van der Waals surface area contributed by atoms with Crippen molar-refractivity contribution >= 4 is 5.91 Å². The molecule has 1 saturated heterocycles. The third-order valence-corrected chi connectivity index (χ3v) is 3.48. The van der Waals surface area contributed by atoms with Gasteiger partial charge in [0.2, 0.25) is 5.91 Å². The van der Waals surface area contributed by atoms with Gasteiger partial charge in [0.1, 0.15) is 0 Å². The zero-order valence-corrected chi connectivity index (χ0v) is 11.6. The molecule has 0 aromatic carbocycles. The molecule has 100 valence electrons. The van der Waals surface area contributed by atoms with Crippen LogP contribution in [-0.4, -0.2) is 36.7 Å². The Balaban J connectivity index is 2.32. The van der Waals surface area contributed by atoms with Crippen LogP contribution in [-0.2, 0) is 9.53 Å². The minimum atomic E-state index is -0.122. The van der Waals surface area contributed by atoms with Crippen molar-refractivity contribution in [3.8, 4) is 0 Å². The van der Waals surface area contributed by atoms with Crippen molar-refractivity contribution in [1.29, 1.82) is 0 Å². The Morgan fingerprint density at radius 2 is 2.18 bits per heavy atom. The third kappa shape index (κ3) is 5.04. The predicted molar refractivity (Wildman–Crippen MR) is 69.0 cm³/mol. The molecular formula is C13H26N2O2. The number of ether oxygens (including phenoxy) is 1. The summed E-state index contributed by atoms with van der Waals surface area (Å²) < 4.78 is 5.45. The highest BCUT2D eigenvalue weighted by Crippen LogP contribution is 2.17. The number of amides is 1. The van der Waals surface area contributed by atoms with Crippen molar-refractivity contribution in [3.05, 3.63) is 0 Å². The summed E-state index contributed by atoms with van der Waals surface area (Å²) in [5, 5.41) is 6.33. The van der Waals surface area contributed by atoms with E-state index in [2.05, 4.69) is 24.5 Å². The van der Waals surface area contributed by atoms with E-state index < -0.39 is 0 Å². The highest BCUT2D eigenvalue weighted by Gasteiger charge is 2.28. The fourth-order valence-corrected chi connectivity index (χ4v) is 1.88. The maximum atomic E-state index is 11.8. The molecule has 4 heteroatoms. The van der Waals surface area contributed by atoms with Gasteiger partial charge >= 0.3 is 0 Å². The second-order valence-electron chi connectivity index (χ2n) is 5.86. The number of carbonyl (C=O) groups excluding carboxylic acids is 1. The van der Waals surface area contributed by atoms with Crippen molar-refractivity contribution < 1.29 is 9.53 Å². The summed E-state index contributed by atoms with van der Waals surface area (Å²) in [6, 6.07) is 0. The summed E-state index contributed by atoms with van der Waals surface area (Å²) in [5.74, 6) is 0.0589. The maximum absolute atomic E-state index is 11.8. The fourth-order valence-electron chi connectivity index (χ4n) is 1.88. The van der Waals surface area contributed by atoms with E-state index in [1.807, 2.05) is 13.8 Å². The first-order chi connectivity index (χ1) is 7.87.